The predicted octanol–water partition coefficient (Wildman–Crippen LogP) is 4.52. The van der Waals surface area contributed by atoms with Crippen LogP contribution in [0.25, 0.3) is 10.1 Å². The number of carbonyl (C=O) groups excluding carboxylic acids is 1. The van der Waals surface area contributed by atoms with Crippen molar-refractivity contribution in [2.75, 3.05) is 11.1 Å². The van der Waals surface area contributed by atoms with Gasteiger partial charge < -0.3 is 11.1 Å². The maximum absolute atomic E-state index is 12.6. The minimum atomic E-state index is -3.60. The first kappa shape index (κ1) is 21.0. The summed E-state index contributed by atoms with van der Waals surface area (Å²) in [5, 5.41) is 3.70. The molecule has 0 aliphatic rings. The molecule has 0 bridgehead atoms. The standard InChI is InChI=1S/C23H21N3O3S2/c1-15-6-9-18(10-7-15)31(28,29)25-14-16-8-11-21-17(12-16)13-22(30-21)23(27)26-20-5-3-2-4-19(20)24/h2-13,25H,14,24H2,1H3,(H,26,27). The van der Waals surface area contributed by atoms with Crippen LogP contribution in [0.2, 0.25) is 0 Å². The normalized spacial score (nSPS) is 11.5. The highest BCUT2D eigenvalue weighted by atomic mass is 32.2. The average Bonchev–Trinajstić information content (AvgIpc) is 3.18. The Labute approximate surface area is 184 Å². The fourth-order valence-electron chi connectivity index (χ4n) is 3.09. The molecule has 0 spiro atoms. The molecular formula is C23H21N3O3S2. The number of thiophene rings is 1. The van der Waals surface area contributed by atoms with Crippen LogP contribution in [-0.4, -0.2) is 14.3 Å². The average molecular weight is 452 g/mol. The number of rotatable bonds is 6. The third-order valence-electron chi connectivity index (χ3n) is 4.81. The first-order valence-corrected chi connectivity index (χ1v) is 11.9. The number of nitrogens with one attached hydrogen (secondary N) is 2. The molecule has 4 N–H and O–H groups in total. The lowest BCUT2D eigenvalue weighted by molar-refractivity contribution is 0.103. The molecule has 4 rings (SSSR count). The van der Waals surface area contributed by atoms with Crippen LogP contribution in [0, 0.1) is 6.92 Å². The zero-order chi connectivity index (χ0) is 22.0. The quantitative estimate of drug-likeness (QED) is 0.375. The van der Waals surface area contributed by atoms with E-state index in [0.29, 0.717) is 16.3 Å². The number of hydrogen-bond acceptors (Lipinski definition) is 5. The highest BCUT2D eigenvalue weighted by Crippen LogP contribution is 2.28. The van der Waals surface area contributed by atoms with Crippen molar-refractivity contribution >= 4 is 48.7 Å². The lowest BCUT2D eigenvalue weighted by Gasteiger charge is -2.07. The second kappa shape index (κ2) is 8.50. The second-order valence-electron chi connectivity index (χ2n) is 7.16. The van der Waals surface area contributed by atoms with Crippen molar-refractivity contribution in [1.82, 2.24) is 4.72 Å². The van der Waals surface area contributed by atoms with E-state index < -0.39 is 10.0 Å². The van der Waals surface area contributed by atoms with Gasteiger partial charge in [-0.05, 0) is 60.3 Å². The van der Waals surface area contributed by atoms with E-state index in [4.69, 9.17) is 5.73 Å². The molecule has 8 heteroatoms. The monoisotopic (exact) mass is 451 g/mol. The van der Waals surface area contributed by atoms with E-state index in [2.05, 4.69) is 10.0 Å². The number of anilines is 2. The number of fused-ring (bicyclic) bond motifs is 1. The number of carbonyl (C=O) groups is 1. The third kappa shape index (κ3) is 4.77. The molecule has 0 saturated heterocycles. The molecule has 1 amide bonds. The molecule has 3 aromatic carbocycles. The minimum Gasteiger partial charge on any atom is -0.397 e. The Bertz CT molecular complexity index is 1360. The first-order chi connectivity index (χ1) is 14.8. The number of benzene rings is 3. The van der Waals surface area contributed by atoms with Crippen LogP contribution < -0.4 is 15.8 Å². The van der Waals surface area contributed by atoms with E-state index in [9.17, 15) is 13.2 Å². The molecule has 1 heterocycles. The summed E-state index contributed by atoms with van der Waals surface area (Å²) in [6, 6.07) is 21.2. The van der Waals surface area contributed by atoms with E-state index >= 15 is 0 Å². The maximum Gasteiger partial charge on any atom is 0.265 e. The fourth-order valence-corrected chi connectivity index (χ4v) is 5.04. The zero-order valence-corrected chi connectivity index (χ0v) is 18.4. The summed E-state index contributed by atoms with van der Waals surface area (Å²) in [7, 11) is -3.60. The number of hydrogen-bond donors (Lipinski definition) is 3. The van der Waals surface area contributed by atoms with Crippen LogP contribution in [0.3, 0.4) is 0 Å². The molecule has 0 fully saturated rings. The Morgan fingerprint density at radius 1 is 1.00 bits per heavy atom. The Kier molecular flexibility index (Phi) is 5.77. The van der Waals surface area contributed by atoms with Gasteiger partial charge in [-0.15, -0.1) is 11.3 Å². The summed E-state index contributed by atoms with van der Waals surface area (Å²) in [6.07, 6.45) is 0. The van der Waals surface area contributed by atoms with Gasteiger partial charge in [-0.1, -0.05) is 35.9 Å². The first-order valence-electron chi connectivity index (χ1n) is 9.56. The number of sulfonamides is 1. The van der Waals surface area contributed by atoms with E-state index in [1.807, 2.05) is 25.1 Å². The molecule has 4 aromatic rings. The fraction of sp³-hybridized carbons (Fsp3) is 0.0870. The Morgan fingerprint density at radius 2 is 1.74 bits per heavy atom. The summed E-state index contributed by atoms with van der Waals surface area (Å²) < 4.78 is 28.6. The predicted molar refractivity (Wildman–Crippen MR) is 126 cm³/mol. The van der Waals surface area contributed by atoms with Crippen LogP contribution in [0.4, 0.5) is 11.4 Å². The summed E-state index contributed by atoms with van der Waals surface area (Å²) in [6.45, 7) is 2.06. The van der Waals surface area contributed by atoms with Gasteiger partial charge in [-0.25, -0.2) is 13.1 Å². The topological polar surface area (TPSA) is 101 Å². The van der Waals surface area contributed by atoms with Gasteiger partial charge in [0.05, 0.1) is 21.1 Å². The summed E-state index contributed by atoms with van der Waals surface area (Å²) in [5.74, 6) is -0.235. The Hall–Kier alpha value is -3.20. The number of nitrogen functional groups attached to an aromatic ring is 1. The molecule has 31 heavy (non-hydrogen) atoms. The van der Waals surface area contributed by atoms with Crippen LogP contribution in [0.5, 0.6) is 0 Å². The number of aryl methyl sites for hydroxylation is 1. The highest BCUT2D eigenvalue weighted by Gasteiger charge is 2.15. The van der Waals surface area contributed by atoms with Crippen LogP contribution in [-0.2, 0) is 16.6 Å². The van der Waals surface area contributed by atoms with Crippen molar-refractivity contribution in [1.29, 1.82) is 0 Å². The lowest BCUT2D eigenvalue weighted by Crippen LogP contribution is -2.23. The van der Waals surface area contributed by atoms with Crippen LogP contribution >= 0.6 is 11.3 Å². The lowest BCUT2D eigenvalue weighted by atomic mass is 10.1. The smallest absolute Gasteiger partial charge is 0.265 e. The van der Waals surface area contributed by atoms with E-state index in [0.717, 1.165) is 21.2 Å². The zero-order valence-electron chi connectivity index (χ0n) is 16.8. The number of para-hydroxylation sites is 2. The molecular weight excluding hydrogens is 430 g/mol. The molecule has 0 aliphatic heterocycles. The van der Waals surface area contributed by atoms with E-state index in [1.54, 1.807) is 54.6 Å². The largest absolute Gasteiger partial charge is 0.397 e. The van der Waals surface area contributed by atoms with Crippen LogP contribution in [0.1, 0.15) is 20.8 Å². The Morgan fingerprint density at radius 3 is 2.48 bits per heavy atom. The second-order valence-corrected chi connectivity index (χ2v) is 10.0. The molecule has 0 aliphatic carbocycles. The number of nitrogens with two attached hydrogens (primary N) is 1. The van der Waals surface area contributed by atoms with Crippen molar-refractivity contribution in [2.45, 2.75) is 18.4 Å². The van der Waals surface area contributed by atoms with Gasteiger partial charge >= 0.3 is 0 Å². The van der Waals surface area contributed by atoms with Crippen molar-refractivity contribution in [2.24, 2.45) is 0 Å². The molecule has 6 nitrogen and oxygen atoms in total. The SMILES string of the molecule is Cc1ccc(S(=O)(=O)NCc2ccc3sc(C(=O)Nc4ccccc4N)cc3c2)cc1. The van der Waals surface area contributed by atoms with Crippen molar-refractivity contribution < 1.29 is 13.2 Å². The molecule has 0 unspecified atom stereocenters. The van der Waals surface area contributed by atoms with Gasteiger partial charge in [0, 0.05) is 11.2 Å². The maximum atomic E-state index is 12.6. The Balaban J connectivity index is 1.49. The molecule has 0 radical (unpaired) electrons. The molecule has 1 aromatic heterocycles. The van der Waals surface area contributed by atoms with Crippen molar-refractivity contribution in [3.8, 4) is 0 Å². The van der Waals surface area contributed by atoms with Gasteiger partial charge in [0.15, 0.2) is 0 Å². The van der Waals surface area contributed by atoms with Gasteiger partial charge in [-0.3, -0.25) is 4.79 Å². The van der Waals surface area contributed by atoms with Crippen molar-refractivity contribution in [3.63, 3.8) is 0 Å². The number of amides is 1. The van der Waals surface area contributed by atoms with E-state index in [1.165, 1.54) is 11.3 Å². The highest BCUT2D eigenvalue weighted by molar-refractivity contribution is 7.89. The third-order valence-corrected chi connectivity index (χ3v) is 7.34. The summed E-state index contributed by atoms with van der Waals surface area (Å²) in [5.41, 5.74) is 8.76. The van der Waals surface area contributed by atoms with Gasteiger partial charge in [0.2, 0.25) is 10.0 Å². The van der Waals surface area contributed by atoms with Gasteiger partial charge in [0.25, 0.3) is 5.91 Å². The summed E-state index contributed by atoms with van der Waals surface area (Å²) in [4.78, 5) is 13.4. The van der Waals surface area contributed by atoms with Crippen molar-refractivity contribution in [3.05, 3.63) is 88.8 Å². The molecule has 0 atom stereocenters. The molecule has 0 saturated carbocycles. The molecule has 158 valence electrons. The minimum absolute atomic E-state index is 0.157. The van der Waals surface area contributed by atoms with Gasteiger partial charge in [0.1, 0.15) is 0 Å². The summed E-state index contributed by atoms with van der Waals surface area (Å²) >= 11 is 1.37. The van der Waals surface area contributed by atoms with Crippen LogP contribution in [0.15, 0.2) is 77.7 Å². The van der Waals surface area contributed by atoms with E-state index in [-0.39, 0.29) is 17.3 Å². The van der Waals surface area contributed by atoms with Gasteiger partial charge in [-0.2, -0.15) is 0 Å².